The Bertz CT molecular complexity index is 985. The normalized spacial score (nSPS) is 13.7. The summed E-state index contributed by atoms with van der Waals surface area (Å²) in [4.78, 5) is 36.3. The van der Waals surface area contributed by atoms with Crippen molar-refractivity contribution < 1.29 is 24.2 Å². The van der Waals surface area contributed by atoms with Crippen LogP contribution < -0.4 is 10.6 Å². The monoisotopic (exact) mass is 452 g/mol. The molecule has 0 bridgehead atoms. The Kier molecular flexibility index (Phi) is 7.41. The summed E-state index contributed by atoms with van der Waals surface area (Å²) in [5.41, 5.74) is 3.50. The molecule has 2 amide bonds. The zero-order valence-electron chi connectivity index (χ0n) is 19.6. The molecule has 1 aliphatic carbocycles. The number of rotatable bonds is 9. The largest absolute Gasteiger partial charge is 0.481 e. The van der Waals surface area contributed by atoms with Crippen LogP contribution in [0.5, 0.6) is 0 Å². The maximum Gasteiger partial charge on any atom is 0.407 e. The first kappa shape index (κ1) is 24.3. The van der Waals surface area contributed by atoms with Gasteiger partial charge in [-0.2, -0.15) is 0 Å². The number of aliphatic carboxylic acids is 1. The van der Waals surface area contributed by atoms with Crippen LogP contribution in [0, 0.1) is 17.3 Å². The molecule has 176 valence electrons. The number of hydrogen-bond acceptors (Lipinski definition) is 4. The summed E-state index contributed by atoms with van der Waals surface area (Å²) < 4.78 is 5.54. The molecule has 0 aromatic heterocycles. The summed E-state index contributed by atoms with van der Waals surface area (Å²) in [6, 6.07) is 16.2. The highest BCUT2D eigenvalue weighted by Crippen LogP contribution is 2.44. The number of ether oxygens (including phenoxy) is 1. The molecule has 0 heterocycles. The number of carbonyl (C=O) groups excluding carboxylic acids is 2. The van der Waals surface area contributed by atoms with Crippen molar-refractivity contribution in [1.82, 2.24) is 10.6 Å². The number of carboxylic acid groups (broad SMARTS) is 1. The van der Waals surface area contributed by atoms with Crippen molar-refractivity contribution in [3.05, 3.63) is 59.7 Å². The van der Waals surface area contributed by atoms with Gasteiger partial charge in [0.25, 0.3) is 0 Å². The van der Waals surface area contributed by atoms with Gasteiger partial charge in [-0.25, -0.2) is 4.79 Å². The van der Waals surface area contributed by atoms with E-state index in [0.29, 0.717) is 0 Å². The molecule has 0 saturated heterocycles. The second-order valence-corrected chi connectivity index (χ2v) is 9.46. The molecular weight excluding hydrogens is 420 g/mol. The molecule has 7 nitrogen and oxygen atoms in total. The lowest BCUT2D eigenvalue weighted by Crippen LogP contribution is -2.45. The highest BCUT2D eigenvalue weighted by atomic mass is 16.5. The molecule has 0 saturated carbocycles. The van der Waals surface area contributed by atoms with Gasteiger partial charge in [-0.3, -0.25) is 9.59 Å². The van der Waals surface area contributed by atoms with E-state index in [0.717, 1.165) is 22.3 Å². The predicted octanol–water partition coefficient (Wildman–Crippen LogP) is 4.02. The third-order valence-corrected chi connectivity index (χ3v) is 6.24. The van der Waals surface area contributed by atoms with Crippen LogP contribution in [0.25, 0.3) is 11.1 Å². The number of alkyl carbamates (subject to hydrolysis) is 1. The van der Waals surface area contributed by atoms with Gasteiger partial charge in [0.05, 0.1) is 11.3 Å². The van der Waals surface area contributed by atoms with Gasteiger partial charge in [-0.15, -0.1) is 0 Å². The molecule has 2 aromatic carbocycles. The van der Waals surface area contributed by atoms with Crippen LogP contribution >= 0.6 is 0 Å². The van der Waals surface area contributed by atoms with Crippen LogP contribution in [0.2, 0.25) is 0 Å². The Morgan fingerprint density at radius 1 is 0.970 bits per heavy atom. The average Bonchev–Trinajstić information content (AvgIpc) is 3.10. The van der Waals surface area contributed by atoms with Crippen LogP contribution in [0.1, 0.15) is 44.7 Å². The number of carboxylic acids is 1. The van der Waals surface area contributed by atoms with E-state index in [4.69, 9.17) is 4.74 Å². The Morgan fingerprint density at radius 3 is 2.03 bits per heavy atom. The number of amides is 2. The van der Waals surface area contributed by atoms with E-state index in [1.54, 1.807) is 13.8 Å². The molecular formula is C26H32N2O5. The zero-order valence-corrected chi connectivity index (χ0v) is 19.6. The Hall–Kier alpha value is -3.35. The molecule has 1 atom stereocenters. The smallest absolute Gasteiger partial charge is 0.407 e. The fourth-order valence-corrected chi connectivity index (χ4v) is 3.99. The molecule has 0 spiro atoms. The summed E-state index contributed by atoms with van der Waals surface area (Å²) in [7, 11) is 0. The molecule has 2 aromatic rings. The summed E-state index contributed by atoms with van der Waals surface area (Å²) in [5, 5.41) is 14.6. The van der Waals surface area contributed by atoms with Gasteiger partial charge in [0.1, 0.15) is 6.61 Å². The van der Waals surface area contributed by atoms with Crippen LogP contribution in [0.4, 0.5) is 4.79 Å². The van der Waals surface area contributed by atoms with Crippen molar-refractivity contribution in [3.8, 4) is 11.1 Å². The summed E-state index contributed by atoms with van der Waals surface area (Å²) in [5.74, 6) is -1.87. The molecule has 7 heteroatoms. The first-order valence-corrected chi connectivity index (χ1v) is 11.2. The van der Waals surface area contributed by atoms with Crippen molar-refractivity contribution in [3.63, 3.8) is 0 Å². The van der Waals surface area contributed by atoms with Crippen molar-refractivity contribution >= 4 is 18.0 Å². The lowest BCUT2D eigenvalue weighted by Gasteiger charge is -2.24. The van der Waals surface area contributed by atoms with E-state index in [1.807, 2.05) is 38.1 Å². The standard InChI is InChI=1S/C26H32N2O5/c1-16(2)21(23(29)28-15-26(3,4)24(30)31)13-27-25(32)33-14-22-19-11-7-5-9-17(19)18-10-6-8-12-20(18)22/h5-12,16,21-22H,13-15H2,1-4H3,(H,27,32)(H,28,29)(H,30,31). The van der Waals surface area contributed by atoms with Crippen LogP contribution in [0.3, 0.4) is 0 Å². The van der Waals surface area contributed by atoms with Crippen LogP contribution in [-0.4, -0.2) is 42.8 Å². The van der Waals surface area contributed by atoms with Gasteiger partial charge < -0.3 is 20.5 Å². The van der Waals surface area contributed by atoms with Gasteiger partial charge >= 0.3 is 12.1 Å². The SMILES string of the molecule is CC(C)C(CNC(=O)OCC1c2ccccc2-c2ccccc21)C(=O)NCC(C)(C)C(=O)O. The Labute approximate surface area is 194 Å². The van der Waals surface area contributed by atoms with E-state index in [9.17, 15) is 19.5 Å². The number of fused-ring (bicyclic) bond motifs is 3. The van der Waals surface area contributed by atoms with E-state index < -0.39 is 23.4 Å². The maximum atomic E-state index is 12.6. The van der Waals surface area contributed by atoms with Gasteiger partial charge in [-0.05, 0) is 42.0 Å². The molecule has 3 rings (SSSR count). The summed E-state index contributed by atoms with van der Waals surface area (Å²) in [6.07, 6.45) is -0.582. The molecule has 33 heavy (non-hydrogen) atoms. The quantitative estimate of drug-likeness (QED) is 0.533. The van der Waals surface area contributed by atoms with E-state index in [-0.39, 0.29) is 37.4 Å². The van der Waals surface area contributed by atoms with Gasteiger partial charge in [0.15, 0.2) is 0 Å². The molecule has 0 aliphatic heterocycles. The third-order valence-electron chi connectivity index (χ3n) is 6.24. The zero-order chi connectivity index (χ0) is 24.2. The maximum absolute atomic E-state index is 12.6. The first-order valence-electron chi connectivity index (χ1n) is 11.2. The lowest BCUT2D eigenvalue weighted by atomic mass is 9.91. The molecule has 1 aliphatic rings. The van der Waals surface area contributed by atoms with Crippen molar-refractivity contribution in [2.75, 3.05) is 19.7 Å². The van der Waals surface area contributed by atoms with E-state index >= 15 is 0 Å². The Balaban J connectivity index is 1.56. The topological polar surface area (TPSA) is 105 Å². The van der Waals surface area contributed by atoms with Crippen molar-refractivity contribution in [2.45, 2.75) is 33.6 Å². The fourth-order valence-electron chi connectivity index (χ4n) is 3.99. The second-order valence-electron chi connectivity index (χ2n) is 9.46. The predicted molar refractivity (Wildman–Crippen MR) is 126 cm³/mol. The van der Waals surface area contributed by atoms with Crippen molar-refractivity contribution in [2.24, 2.45) is 17.3 Å². The van der Waals surface area contributed by atoms with Crippen LogP contribution in [-0.2, 0) is 14.3 Å². The molecule has 0 fully saturated rings. The number of hydrogen-bond donors (Lipinski definition) is 3. The minimum Gasteiger partial charge on any atom is -0.481 e. The molecule has 1 unspecified atom stereocenters. The minimum atomic E-state index is -1.07. The van der Waals surface area contributed by atoms with Crippen molar-refractivity contribution in [1.29, 1.82) is 0 Å². The van der Waals surface area contributed by atoms with Crippen LogP contribution in [0.15, 0.2) is 48.5 Å². The van der Waals surface area contributed by atoms with Gasteiger partial charge in [0, 0.05) is 19.0 Å². The number of nitrogens with one attached hydrogen (secondary N) is 2. The average molecular weight is 453 g/mol. The number of carbonyl (C=O) groups is 3. The van der Waals surface area contributed by atoms with Gasteiger partial charge in [0.2, 0.25) is 5.91 Å². The third kappa shape index (κ3) is 5.53. The second kappa shape index (κ2) is 10.1. The van der Waals surface area contributed by atoms with E-state index in [1.165, 1.54) is 0 Å². The molecule has 3 N–H and O–H groups in total. The highest BCUT2D eigenvalue weighted by molar-refractivity contribution is 5.82. The number of benzene rings is 2. The summed E-state index contributed by atoms with van der Waals surface area (Å²) >= 11 is 0. The Morgan fingerprint density at radius 2 is 1.52 bits per heavy atom. The minimum absolute atomic E-state index is 0.00926. The summed E-state index contributed by atoms with van der Waals surface area (Å²) in [6.45, 7) is 7.18. The molecule has 0 radical (unpaired) electrons. The first-order chi connectivity index (χ1) is 15.6. The fraction of sp³-hybridized carbons (Fsp3) is 0.423. The lowest BCUT2D eigenvalue weighted by molar-refractivity contribution is -0.146. The van der Waals surface area contributed by atoms with Gasteiger partial charge in [-0.1, -0.05) is 62.4 Å². The highest BCUT2D eigenvalue weighted by Gasteiger charge is 2.31. The van der Waals surface area contributed by atoms with E-state index in [2.05, 4.69) is 34.9 Å².